The van der Waals surface area contributed by atoms with Crippen molar-refractivity contribution in [1.29, 1.82) is 0 Å². The number of carboxylic acid groups (broad SMARTS) is 1. The van der Waals surface area contributed by atoms with E-state index in [9.17, 15) is 14.7 Å². The van der Waals surface area contributed by atoms with Crippen LogP contribution in [-0.4, -0.2) is 33.4 Å². The summed E-state index contributed by atoms with van der Waals surface area (Å²) in [7, 11) is 1.71. The highest BCUT2D eigenvalue weighted by Crippen LogP contribution is 2.28. The molecule has 7 heteroatoms. The molecule has 1 aliphatic heterocycles. The Morgan fingerprint density at radius 1 is 1.43 bits per heavy atom. The van der Waals surface area contributed by atoms with Gasteiger partial charge in [0.1, 0.15) is 5.75 Å². The minimum atomic E-state index is -1.12. The highest BCUT2D eigenvalue weighted by molar-refractivity contribution is 5.97. The number of aromatic nitrogens is 2. The van der Waals surface area contributed by atoms with Gasteiger partial charge in [0.05, 0.1) is 17.9 Å². The molecule has 2 N–H and O–H groups in total. The minimum Gasteiger partial charge on any atom is -0.493 e. The normalized spacial score (nSPS) is 14.0. The number of carbonyl (C=O) groups excluding carboxylic acids is 1. The third-order valence-electron chi connectivity index (χ3n) is 3.83. The molecule has 1 amide bonds. The van der Waals surface area contributed by atoms with Crippen molar-refractivity contribution in [3.63, 3.8) is 0 Å². The third-order valence-corrected chi connectivity index (χ3v) is 3.83. The van der Waals surface area contributed by atoms with Crippen LogP contribution >= 0.6 is 0 Å². The second kappa shape index (κ2) is 5.75. The molecule has 1 aromatic carbocycles. The molecule has 0 aliphatic carbocycles. The summed E-state index contributed by atoms with van der Waals surface area (Å²) in [6, 6.07) is 4.07. The number of hydrogen-bond donors (Lipinski definition) is 2. The van der Waals surface area contributed by atoms with Gasteiger partial charge in [0.2, 0.25) is 0 Å². The van der Waals surface area contributed by atoms with Gasteiger partial charge in [0.15, 0.2) is 6.04 Å². The van der Waals surface area contributed by atoms with Gasteiger partial charge in [-0.25, -0.2) is 4.79 Å². The first-order chi connectivity index (χ1) is 11.0. The fraction of sp³-hybridized carbons (Fsp3) is 0.312. The van der Waals surface area contributed by atoms with Crippen LogP contribution in [0, 0.1) is 6.92 Å². The summed E-state index contributed by atoms with van der Waals surface area (Å²) >= 11 is 0. The van der Waals surface area contributed by atoms with Gasteiger partial charge in [-0.3, -0.25) is 9.48 Å². The predicted octanol–water partition coefficient (Wildman–Crippen LogP) is 1.22. The molecule has 3 rings (SSSR count). The molecule has 23 heavy (non-hydrogen) atoms. The van der Waals surface area contributed by atoms with Crippen LogP contribution in [0.5, 0.6) is 5.75 Å². The molecular weight excluding hydrogens is 298 g/mol. The van der Waals surface area contributed by atoms with Crippen LogP contribution in [0.3, 0.4) is 0 Å². The molecule has 0 unspecified atom stereocenters. The molecule has 120 valence electrons. The standard InChI is InChI=1S/C16H17N3O4/c1-9-12(8-19(2)18-9)15(20)17-14(16(21)22)11-3-4-13-10(7-11)5-6-23-13/h3-4,7-8,14H,5-6H2,1-2H3,(H,17,20)(H,21,22)/t14-/m1/s1. The monoisotopic (exact) mass is 315 g/mol. The van der Waals surface area contributed by atoms with Crippen LogP contribution in [0.1, 0.15) is 33.2 Å². The van der Waals surface area contributed by atoms with Gasteiger partial charge in [-0.05, 0) is 30.2 Å². The van der Waals surface area contributed by atoms with Gasteiger partial charge < -0.3 is 15.2 Å². The zero-order valence-corrected chi connectivity index (χ0v) is 12.9. The molecule has 0 saturated carbocycles. The number of nitrogens with one attached hydrogen (secondary N) is 1. The molecule has 0 bridgehead atoms. The number of amides is 1. The Hall–Kier alpha value is -2.83. The van der Waals surface area contributed by atoms with E-state index in [1.807, 2.05) is 0 Å². The van der Waals surface area contributed by atoms with Gasteiger partial charge >= 0.3 is 5.97 Å². The lowest BCUT2D eigenvalue weighted by Gasteiger charge is -2.15. The van der Waals surface area contributed by atoms with Gasteiger partial charge in [0, 0.05) is 19.7 Å². The Bertz CT molecular complexity index is 782. The third kappa shape index (κ3) is 2.90. The SMILES string of the molecule is Cc1nn(C)cc1C(=O)N[C@@H](C(=O)O)c1ccc2c(c1)CCO2. The Balaban J connectivity index is 1.86. The molecule has 7 nitrogen and oxygen atoms in total. The largest absolute Gasteiger partial charge is 0.493 e. The highest BCUT2D eigenvalue weighted by Gasteiger charge is 2.26. The first-order valence-electron chi connectivity index (χ1n) is 7.25. The summed E-state index contributed by atoms with van der Waals surface area (Å²) in [5.41, 5.74) is 2.40. The van der Waals surface area contributed by atoms with E-state index in [-0.39, 0.29) is 0 Å². The highest BCUT2D eigenvalue weighted by atomic mass is 16.5. The molecule has 2 aromatic rings. The summed E-state index contributed by atoms with van der Waals surface area (Å²) in [6.45, 7) is 2.30. The lowest BCUT2D eigenvalue weighted by atomic mass is 10.0. The summed E-state index contributed by atoms with van der Waals surface area (Å²) in [4.78, 5) is 23.9. The lowest BCUT2D eigenvalue weighted by molar-refractivity contribution is -0.139. The maximum Gasteiger partial charge on any atom is 0.330 e. The van der Waals surface area contributed by atoms with Crippen molar-refractivity contribution >= 4 is 11.9 Å². The maximum absolute atomic E-state index is 12.3. The molecule has 2 heterocycles. The van der Waals surface area contributed by atoms with Gasteiger partial charge in [0.25, 0.3) is 5.91 Å². The second-order valence-electron chi connectivity index (χ2n) is 5.51. The van der Waals surface area contributed by atoms with Crippen LogP contribution in [0.2, 0.25) is 0 Å². The number of carboxylic acids is 1. The van der Waals surface area contributed by atoms with Gasteiger partial charge in [-0.2, -0.15) is 5.10 Å². The number of hydrogen-bond acceptors (Lipinski definition) is 4. The maximum atomic E-state index is 12.3. The van der Waals surface area contributed by atoms with E-state index < -0.39 is 17.9 Å². The number of aryl methyl sites for hydroxylation is 2. The van der Waals surface area contributed by atoms with Crippen molar-refractivity contribution in [3.05, 3.63) is 46.8 Å². The summed E-state index contributed by atoms with van der Waals surface area (Å²) < 4.78 is 6.94. The predicted molar refractivity (Wildman–Crippen MR) is 81.4 cm³/mol. The number of benzene rings is 1. The van der Waals surface area contributed by atoms with Crippen molar-refractivity contribution in [2.24, 2.45) is 7.05 Å². The van der Waals surface area contributed by atoms with E-state index >= 15 is 0 Å². The molecule has 0 radical (unpaired) electrons. The van der Waals surface area contributed by atoms with Crippen molar-refractivity contribution in [3.8, 4) is 5.75 Å². The van der Waals surface area contributed by atoms with Crippen molar-refractivity contribution < 1.29 is 19.4 Å². The quantitative estimate of drug-likeness (QED) is 0.885. The molecule has 1 atom stereocenters. The summed E-state index contributed by atoms with van der Waals surface area (Å²) in [5.74, 6) is -0.800. The van der Waals surface area contributed by atoms with Crippen molar-refractivity contribution in [2.75, 3.05) is 6.61 Å². The van der Waals surface area contributed by atoms with Crippen molar-refractivity contribution in [1.82, 2.24) is 15.1 Å². The van der Waals surface area contributed by atoms with E-state index in [0.29, 0.717) is 23.4 Å². The average Bonchev–Trinajstić information content (AvgIpc) is 3.09. The van der Waals surface area contributed by atoms with E-state index in [1.165, 1.54) is 4.68 Å². The minimum absolute atomic E-state index is 0.364. The number of nitrogens with zero attached hydrogens (tertiary/aromatic N) is 2. The first kappa shape index (κ1) is 15.1. The number of rotatable bonds is 4. The topological polar surface area (TPSA) is 93.5 Å². The van der Waals surface area contributed by atoms with E-state index in [0.717, 1.165) is 17.7 Å². The Labute approximate surface area is 132 Å². The number of carbonyl (C=O) groups is 2. The zero-order chi connectivity index (χ0) is 16.6. The molecule has 0 spiro atoms. The van der Waals surface area contributed by atoms with Crippen molar-refractivity contribution in [2.45, 2.75) is 19.4 Å². The van der Waals surface area contributed by atoms with Gasteiger partial charge in [-0.15, -0.1) is 0 Å². The number of fused-ring (bicyclic) bond motifs is 1. The van der Waals surface area contributed by atoms with Crippen LogP contribution in [0.4, 0.5) is 0 Å². The number of aliphatic carboxylic acids is 1. The van der Waals surface area contributed by atoms with E-state index in [4.69, 9.17) is 4.74 Å². The molecule has 0 fully saturated rings. The van der Waals surface area contributed by atoms with Crippen LogP contribution in [0.15, 0.2) is 24.4 Å². The second-order valence-corrected chi connectivity index (χ2v) is 5.51. The molecule has 0 saturated heterocycles. The summed E-state index contributed by atoms with van der Waals surface area (Å²) in [6.07, 6.45) is 2.31. The van der Waals surface area contributed by atoms with Crippen LogP contribution in [0.25, 0.3) is 0 Å². The fourth-order valence-corrected chi connectivity index (χ4v) is 2.71. The lowest BCUT2D eigenvalue weighted by Crippen LogP contribution is -2.34. The summed E-state index contributed by atoms with van der Waals surface area (Å²) in [5, 5.41) is 16.1. The zero-order valence-electron chi connectivity index (χ0n) is 12.9. The molecule has 1 aliphatic rings. The molecule has 1 aromatic heterocycles. The first-order valence-corrected chi connectivity index (χ1v) is 7.25. The Kier molecular flexibility index (Phi) is 3.77. The smallest absolute Gasteiger partial charge is 0.330 e. The Morgan fingerprint density at radius 2 is 2.22 bits per heavy atom. The Morgan fingerprint density at radius 3 is 2.87 bits per heavy atom. The fourth-order valence-electron chi connectivity index (χ4n) is 2.71. The van der Waals surface area contributed by atoms with Crippen LogP contribution in [-0.2, 0) is 18.3 Å². The number of ether oxygens (including phenoxy) is 1. The van der Waals surface area contributed by atoms with E-state index in [2.05, 4.69) is 10.4 Å². The van der Waals surface area contributed by atoms with E-state index in [1.54, 1.807) is 38.4 Å². The van der Waals surface area contributed by atoms with Gasteiger partial charge in [-0.1, -0.05) is 6.07 Å². The molecular formula is C16H17N3O4. The average molecular weight is 315 g/mol. The van der Waals surface area contributed by atoms with Crippen LogP contribution < -0.4 is 10.1 Å².